The van der Waals surface area contributed by atoms with Crippen LogP contribution in [0.15, 0.2) is 54.6 Å². The summed E-state index contributed by atoms with van der Waals surface area (Å²) in [6.45, 7) is 0.798. The molecule has 7 nitrogen and oxygen atoms in total. The van der Waals surface area contributed by atoms with Crippen LogP contribution < -0.4 is 9.64 Å². The lowest BCUT2D eigenvalue weighted by atomic mass is 9.81. The lowest BCUT2D eigenvalue weighted by Gasteiger charge is -2.19. The first-order valence-corrected chi connectivity index (χ1v) is 12.0. The van der Waals surface area contributed by atoms with E-state index >= 15 is 0 Å². The Bertz CT molecular complexity index is 1130. The topological polar surface area (TPSA) is 84.0 Å². The number of imide groups is 1. The predicted molar refractivity (Wildman–Crippen MR) is 122 cm³/mol. The molecule has 2 aromatic carbocycles. The number of likely N-dealkylation sites (tertiary alicyclic amines) is 1. The van der Waals surface area contributed by atoms with E-state index in [0.717, 1.165) is 24.8 Å². The van der Waals surface area contributed by atoms with Crippen molar-refractivity contribution in [2.24, 2.45) is 29.6 Å². The van der Waals surface area contributed by atoms with Gasteiger partial charge in [0.2, 0.25) is 17.7 Å². The molecular weight excluding hydrogens is 432 g/mol. The second kappa shape index (κ2) is 8.08. The molecule has 0 spiro atoms. The summed E-state index contributed by atoms with van der Waals surface area (Å²) < 4.78 is 5.53. The van der Waals surface area contributed by atoms with Crippen molar-refractivity contribution in [2.75, 3.05) is 11.4 Å². The normalized spacial score (nSPS) is 29.8. The molecule has 7 heteroatoms. The van der Waals surface area contributed by atoms with Gasteiger partial charge in [-0.2, -0.15) is 0 Å². The van der Waals surface area contributed by atoms with E-state index in [1.165, 1.54) is 4.90 Å². The van der Waals surface area contributed by atoms with Crippen molar-refractivity contribution in [1.82, 2.24) is 4.90 Å². The Morgan fingerprint density at radius 2 is 1.53 bits per heavy atom. The van der Waals surface area contributed by atoms with E-state index in [9.17, 15) is 19.2 Å². The second-order valence-electron chi connectivity index (χ2n) is 9.97. The Morgan fingerprint density at radius 3 is 2.18 bits per heavy atom. The van der Waals surface area contributed by atoms with Crippen LogP contribution in [0.3, 0.4) is 0 Å². The molecule has 4 aliphatic rings. The molecule has 34 heavy (non-hydrogen) atoms. The highest BCUT2D eigenvalue weighted by molar-refractivity contribution is 6.22. The highest BCUT2D eigenvalue weighted by atomic mass is 16.5. The number of nitrogens with zero attached hydrogens (tertiary/aromatic N) is 2. The number of anilines is 1. The number of hydrogen-bond acceptors (Lipinski definition) is 5. The van der Waals surface area contributed by atoms with Crippen molar-refractivity contribution in [3.8, 4) is 5.75 Å². The van der Waals surface area contributed by atoms with Crippen LogP contribution in [0.5, 0.6) is 5.75 Å². The molecule has 3 amide bonds. The van der Waals surface area contributed by atoms with E-state index in [2.05, 4.69) is 0 Å². The number of carbonyl (C=O) groups excluding carboxylic acids is 4. The van der Waals surface area contributed by atoms with Crippen LogP contribution in [0.25, 0.3) is 0 Å². The van der Waals surface area contributed by atoms with Crippen molar-refractivity contribution in [3.63, 3.8) is 0 Å². The average molecular weight is 459 g/mol. The fraction of sp³-hybridized carbons (Fsp3) is 0.407. The van der Waals surface area contributed by atoms with Gasteiger partial charge in [0.05, 0.1) is 23.4 Å². The summed E-state index contributed by atoms with van der Waals surface area (Å²) >= 11 is 0. The summed E-state index contributed by atoms with van der Waals surface area (Å²) in [4.78, 5) is 54.1. The van der Waals surface area contributed by atoms with Gasteiger partial charge in [-0.25, -0.2) is 0 Å². The van der Waals surface area contributed by atoms with E-state index in [0.29, 0.717) is 36.4 Å². The third-order valence-corrected chi connectivity index (χ3v) is 8.00. The summed E-state index contributed by atoms with van der Waals surface area (Å²) in [6.07, 6.45) is 3.22. The Labute approximate surface area is 197 Å². The molecule has 0 aromatic heterocycles. The Morgan fingerprint density at radius 1 is 0.882 bits per heavy atom. The smallest absolute Gasteiger partial charge is 0.316 e. The van der Waals surface area contributed by atoms with Gasteiger partial charge in [0.25, 0.3) is 0 Å². The summed E-state index contributed by atoms with van der Waals surface area (Å²) in [7, 11) is 0. The van der Waals surface area contributed by atoms with Crippen molar-refractivity contribution < 1.29 is 23.9 Å². The zero-order valence-corrected chi connectivity index (χ0v) is 18.8. The monoisotopic (exact) mass is 458 g/mol. The van der Waals surface area contributed by atoms with Gasteiger partial charge in [0.15, 0.2) is 0 Å². The Balaban J connectivity index is 1.09. The minimum atomic E-state index is -0.521. The molecule has 2 saturated carbocycles. The maximum Gasteiger partial charge on any atom is 0.316 e. The maximum absolute atomic E-state index is 13.0. The number of esters is 1. The van der Waals surface area contributed by atoms with Crippen LogP contribution in [-0.2, 0) is 25.7 Å². The average Bonchev–Trinajstić information content (AvgIpc) is 3.60. The van der Waals surface area contributed by atoms with Crippen LogP contribution >= 0.6 is 0 Å². The zero-order valence-electron chi connectivity index (χ0n) is 18.8. The molecule has 0 N–H and O–H groups in total. The van der Waals surface area contributed by atoms with Crippen molar-refractivity contribution >= 4 is 29.4 Å². The third-order valence-electron chi connectivity index (χ3n) is 8.00. The molecule has 2 aliphatic heterocycles. The number of benzene rings is 2. The number of hydrogen-bond donors (Lipinski definition) is 0. The lowest BCUT2D eigenvalue weighted by Crippen LogP contribution is -2.32. The van der Waals surface area contributed by atoms with Gasteiger partial charge in [-0.05, 0) is 60.9 Å². The molecule has 6 rings (SSSR count). The molecule has 174 valence electrons. The molecule has 5 atom stereocenters. The van der Waals surface area contributed by atoms with Gasteiger partial charge in [-0.1, -0.05) is 30.3 Å². The van der Waals surface area contributed by atoms with Crippen LogP contribution in [0.4, 0.5) is 5.69 Å². The highest BCUT2D eigenvalue weighted by Crippen LogP contribution is 2.56. The Kier molecular flexibility index (Phi) is 5.01. The van der Waals surface area contributed by atoms with Gasteiger partial charge in [0, 0.05) is 19.5 Å². The standard InChI is InChI=1S/C27H26N2O5/c30-22-13-19(15-28(22)14-16-4-2-1-3-5-16)27(33)34-21-10-8-20(9-11-21)29-25(31)23-17-6-7-18(12-17)24(23)26(29)32/h1-5,8-11,17-19,23-24H,6-7,12-15H2/t17-,18-,19-,23+,24+/m0/s1. The SMILES string of the molecule is O=C(Oc1ccc(N2C(=O)[C@@H]3[C@H]4CC[C@@H](C4)[C@H]3C2=O)cc1)[C@H]1CC(=O)N(Cc2ccccc2)C1. The summed E-state index contributed by atoms with van der Waals surface area (Å²) in [6, 6.07) is 16.2. The zero-order chi connectivity index (χ0) is 23.4. The molecular formula is C27H26N2O5. The van der Waals surface area contributed by atoms with Crippen molar-refractivity contribution in [2.45, 2.75) is 32.2 Å². The summed E-state index contributed by atoms with van der Waals surface area (Å²) in [5.41, 5.74) is 1.54. The molecule has 4 fully saturated rings. The first-order valence-electron chi connectivity index (χ1n) is 12.0. The molecule has 2 aromatic rings. The number of amides is 3. The second-order valence-corrected chi connectivity index (χ2v) is 9.97. The first-order chi connectivity index (χ1) is 16.5. The molecule has 2 heterocycles. The van der Waals surface area contributed by atoms with E-state index in [-0.39, 0.29) is 36.0 Å². The predicted octanol–water partition coefficient (Wildman–Crippen LogP) is 3.18. The number of fused-ring (bicyclic) bond motifs is 5. The van der Waals surface area contributed by atoms with Crippen LogP contribution in [0.2, 0.25) is 0 Å². The van der Waals surface area contributed by atoms with Crippen molar-refractivity contribution in [3.05, 3.63) is 60.2 Å². The van der Waals surface area contributed by atoms with E-state index in [1.54, 1.807) is 29.2 Å². The highest BCUT2D eigenvalue weighted by Gasteiger charge is 2.61. The minimum absolute atomic E-state index is 0.0632. The fourth-order valence-corrected chi connectivity index (χ4v) is 6.41. The fourth-order valence-electron chi connectivity index (χ4n) is 6.41. The molecule has 0 radical (unpaired) electrons. The molecule has 2 bridgehead atoms. The molecule has 2 saturated heterocycles. The number of carbonyl (C=O) groups is 4. The minimum Gasteiger partial charge on any atom is -0.426 e. The first kappa shape index (κ1) is 21.1. The van der Waals surface area contributed by atoms with E-state index < -0.39 is 11.9 Å². The number of ether oxygens (including phenoxy) is 1. The lowest BCUT2D eigenvalue weighted by molar-refractivity contribution is -0.139. The molecule has 2 aliphatic carbocycles. The maximum atomic E-state index is 13.0. The quantitative estimate of drug-likeness (QED) is 0.390. The van der Waals surface area contributed by atoms with Crippen LogP contribution in [0.1, 0.15) is 31.2 Å². The molecule has 0 unspecified atom stereocenters. The van der Waals surface area contributed by atoms with E-state index in [4.69, 9.17) is 4.74 Å². The number of rotatable bonds is 5. The Hall–Kier alpha value is -3.48. The largest absolute Gasteiger partial charge is 0.426 e. The van der Waals surface area contributed by atoms with Gasteiger partial charge < -0.3 is 9.64 Å². The van der Waals surface area contributed by atoms with Crippen LogP contribution in [0, 0.1) is 29.6 Å². The van der Waals surface area contributed by atoms with Crippen LogP contribution in [-0.4, -0.2) is 35.1 Å². The summed E-state index contributed by atoms with van der Waals surface area (Å²) in [5.74, 6) is -0.522. The third kappa shape index (κ3) is 3.42. The van der Waals surface area contributed by atoms with Gasteiger partial charge in [-0.3, -0.25) is 24.1 Å². The summed E-state index contributed by atoms with van der Waals surface area (Å²) in [5, 5.41) is 0. The van der Waals surface area contributed by atoms with Gasteiger partial charge >= 0.3 is 5.97 Å². The van der Waals surface area contributed by atoms with Crippen molar-refractivity contribution in [1.29, 1.82) is 0 Å². The van der Waals surface area contributed by atoms with E-state index in [1.807, 2.05) is 30.3 Å². The van der Waals surface area contributed by atoms with Gasteiger partial charge in [-0.15, -0.1) is 0 Å². The van der Waals surface area contributed by atoms with Gasteiger partial charge in [0.1, 0.15) is 5.75 Å².